The molecule has 0 atom stereocenters. The molecule has 0 aliphatic carbocycles. The van der Waals surface area contributed by atoms with Gasteiger partial charge in [-0.2, -0.15) is 0 Å². The van der Waals surface area contributed by atoms with E-state index < -0.39 is 10.0 Å². The Morgan fingerprint density at radius 3 is 2.20 bits per heavy atom. The Labute approximate surface area is 236 Å². The van der Waals surface area contributed by atoms with Gasteiger partial charge in [0.2, 0.25) is 0 Å². The van der Waals surface area contributed by atoms with Crippen LogP contribution in [-0.4, -0.2) is 45.6 Å². The zero-order valence-electron chi connectivity index (χ0n) is 22.0. The van der Waals surface area contributed by atoms with Crippen molar-refractivity contribution in [3.05, 3.63) is 102 Å². The Balaban J connectivity index is 1.52. The number of carbonyl (C=O) groups excluding carboxylic acids is 1. The minimum absolute atomic E-state index is 0.0705. The zero-order chi connectivity index (χ0) is 28.3. The number of ether oxygens (including phenoxy) is 2. The summed E-state index contributed by atoms with van der Waals surface area (Å²) in [5.74, 6) is 0.811. The van der Waals surface area contributed by atoms with E-state index in [1.54, 1.807) is 62.9 Å². The lowest BCUT2D eigenvalue weighted by Gasteiger charge is -2.21. The highest BCUT2D eigenvalue weighted by molar-refractivity contribution is 7.92. The third-order valence-corrected chi connectivity index (χ3v) is 9.19. The second kappa shape index (κ2) is 11.3. The van der Waals surface area contributed by atoms with Crippen molar-refractivity contribution in [1.82, 2.24) is 9.97 Å². The number of rotatable bonds is 9. The van der Waals surface area contributed by atoms with Crippen molar-refractivity contribution >= 4 is 48.3 Å². The van der Waals surface area contributed by atoms with Crippen molar-refractivity contribution < 1.29 is 22.7 Å². The Hall–Kier alpha value is -4.48. The van der Waals surface area contributed by atoms with E-state index in [2.05, 4.69) is 4.98 Å². The highest BCUT2D eigenvalue weighted by Gasteiger charge is 2.26. The van der Waals surface area contributed by atoms with E-state index in [0.717, 1.165) is 4.70 Å². The van der Waals surface area contributed by atoms with Gasteiger partial charge < -0.3 is 9.47 Å². The molecule has 0 saturated heterocycles. The largest absolute Gasteiger partial charge is 0.495 e. The molecule has 0 aliphatic rings. The lowest BCUT2D eigenvalue weighted by molar-refractivity contribution is 0.0984. The predicted molar refractivity (Wildman–Crippen MR) is 156 cm³/mol. The van der Waals surface area contributed by atoms with Crippen LogP contribution >= 0.6 is 11.3 Å². The van der Waals surface area contributed by atoms with Crippen LogP contribution in [0.4, 0.5) is 10.8 Å². The third-order valence-electron chi connectivity index (χ3n) is 6.30. The molecule has 204 valence electrons. The normalized spacial score (nSPS) is 11.3. The van der Waals surface area contributed by atoms with E-state index in [1.165, 1.54) is 51.9 Å². The molecule has 0 aliphatic heterocycles. The SMILES string of the molecule is COc1ccc(OC)c2sc(N(Cc3ccccn3)C(=O)c3ccc(S(=O)(=O)N(C)c4ccccc4)cc3)nc12. The van der Waals surface area contributed by atoms with Crippen molar-refractivity contribution in [3.8, 4) is 11.5 Å². The van der Waals surface area contributed by atoms with Gasteiger partial charge in [0.1, 0.15) is 21.7 Å². The van der Waals surface area contributed by atoms with E-state index >= 15 is 0 Å². The standard InChI is InChI=1S/C29H26N4O5S2/c1-32(22-10-5-4-6-11-22)40(35,36)23-14-12-20(13-15-23)28(34)33(19-21-9-7-8-18-30-21)29-31-26-24(37-2)16-17-25(38-3)27(26)39-29/h4-18H,19H2,1-3H3. The van der Waals surface area contributed by atoms with Crippen molar-refractivity contribution in [1.29, 1.82) is 0 Å². The van der Waals surface area contributed by atoms with Crippen molar-refractivity contribution in [2.24, 2.45) is 0 Å². The monoisotopic (exact) mass is 574 g/mol. The van der Waals surface area contributed by atoms with Gasteiger partial charge in [-0.05, 0) is 60.7 Å². The smallest absolute Gasteiger partial charge is 0.264 e. The van der Waals surface area contributed by atoms with Crippen LogP contribution in [0.5, 0.6) is 11.5 Å². The molecule has 3 aromatic carbocycles. The van der Waals surface area contributed by atoms with Crippen molar-refractivity contribution in [2.45, 2.75) is 11.4 Å². The Bertz CT molecular complexity index is 1700. The quantitative estimate of drug-likeness (QED) is 0.233. The van der Waals surface area contributed by atoms with Gasteiger partial charge in [0, 0.05) is 18.8 Å². The fourth-order valence-electron chi connectivity index (χ4n) is 4.13. The molecule has 9 nitrogen and oxygen atoms in total. The minimum Gasteiger partial charge on any atom is -0.495 e. The number of thiazole rings is 1. The molecule has 0 radical (unpaired) electrons. The number of para-hydroxylation sites is 1. The highest BCUT2D eigenvalue weighted by atomic mass is 32.2. The first-order chi connectivity index (χ1) is 19.3. The lowest BCUT2D eigenvalue weighted by atomic mass is 10.2. The average molecular weight is 575 g/mol. The Kier molecular flexibility index (Phi) is 7.67. The zero-order valence-corrected chi connectivity index (χ0v) is 23.6. The van der Waals surface area contributed by atoms with Gasteiger partial charge >= 0.3 is 0 Å². The van der Waals surface area contributed by atoms with Crippen LogP contribution in [0.1, 0.15) is 16.1 Å². The number of hydrogen-bond donors (Lipinski definition) is 0. The van der Waals surface area contributed by atoms with Crippen LogP contribution in [0.15, 0.2) is 96.0 Å². The predicted octanol–water partition coefficient (Wildman–Crippen LogP) is 5.38. The third kappa shape index (κ3) is 5.21. The second-order valence-corrected chi connectivity index (χ2v) is 11.6. The summed E-state index contributed by atoms with van der Waals surface area (Å²) in [7, 11) is 0.795. The first kappa shape index (κ1) is 27.1. The van der Waals surface area contributed by atoms with Crippen molar-refractivity contribution in [3.63, 3.8) is 0 Å². The second-order valence-electron chi connectivity index (χ2n) is 8.69. The molecule has 0 fully saturated rings. The van der Waals surface area contributed by atoms with Crippen LogP contribution in [0.25, 0.3) is 10.2 Å². The van der Waals surface area contributed by atoms with Gasteiger partial charge in [-0.1, -0.05) is 35.6 Å². The van der Waals surface area contributed by atoms with E-state index in [1.807, 2.05) is 18.2 Å². The van der Waals surface area contributed by atoms with E-state index in [0.29, 0.717) is 39.1 Å². The van der Waals surface area contributed by atoms with Crippen LogP contribution < -0.4 is 18.7 Å². The molecule has 5 rings (SSSR count). The molecule has 0 bridgehead atoms. The highest BCUT2D eigenvalue weighted by Crippen LogP contribution is 2.40. The summed E-state index contributed by atoms with van der Waals surface area (Å²) >= 11 is 1.30. The fourth-order valence-corrected chi connectivity index (χ4v) is 6.40. The van der Waals surface area contributed by atoms with E-state index in [-0.39, 0.29) is 17.3 Å². The van der Waals surface area contributed by atoms with Crippen LogP contribution in [-0.2, 0) is 16.6 Å². The summed E-state index contributed by atoms with van der Waals surface area (Å²) < 4.78 is 39.4. The maximum atomic E-state index is 13.9. The summed E-state index contributed by atoms with van der Waals surface area (Å²) in [6.07, 6.45) is 1.66. The number of carbonyl (C=O) groups is 1. The van der Waals surface area contributed by atoms with Crippen LogP contribution in [0.2, 0.25) is 0 Å². The summed E-state index contributed by atoms with van der Waals surface area (Å²) in [4.78, 5) is 24.6. The maximum Gasteiger partial charge on any atom is 0.264 e. The molecular formula is C29H26N4O5S2. The number of sulfonamides is 1. The van der Waals surface area contributed by atoms with Gasteiger partial charge in [-0.15, -0.1) is 0 Å². The number of fused-ring (bicyclic) bond motifs is 1. The number of benzene rings is 3. The van der Waals surface area contributed by atoms with Gasteiger partial charge in [-0.3, -0.25) is 19.0 Å². The van der Waals surface area contributed by atoms with Crippen LogP contribution in [0.3, 0.4) is 0 Å². The molecule has 1 amide bonds. The van der Waals surface area contributed by atoms with Gasteiger partial charge in [0.25, 0.3) is 15.9 Å². The molecule has 5 aromatic rings. The molecule has 0 spiro atoms. The van der Waals surface area contributed by atoms with Crippen LogP contribution in [0, 0.1) is 0 Å². The Morgan fingerprint density at radius 1 is 0.875 bits per heavy atom. The number of anilines is 2. The van der Waals surface area contributed by atoms with Crippen molar-refractivity contribution in [2.75, 3.05) is 30.5 Å². The number of amides is 1. The first-order valence-corrected chi connectivity index (χ1v) is 14.5. The van der Waals surface area contributed by atoms with Gasteiger partial charge in [0.05, 0.1) is 37.0 Å². The summed E-state index contributed by atoms with van der Waals surface area (Å²) in [5.41, 5.74) is 2.07. The molecule has 2 heterocycles. The number of methoxy groups -OCH3 is 2. The maximum absolute atomic E-state index is 13.9. The molecular weight excluding hydrogens is 548 g/mol. The van der Waals surface area contributed by atoms with Gasteiger partial charge in [-0.25, -0.2) is 13.4 Å². The summed E-state index contributed by atoms with van der Waals surface area (Å²) in [5, 5.41) is 0.425. The molecule has 40 heavy (non-hydrogen) atoms. The lowest BCUT2D eigenvalue weighted by Crippen LogP contribution is -2.31. The average Bonchev–Trinajstić information content (AvgIpc) is 3.45. The first-order valence-electron chi connectivity index (χ1n) is 12.2. The summed E-state index contributed by atoms with van der Waals surface area (Å²) in [6.45, 7) is 0.154. The Morgan fingerprint density at radius 2 is 1.55 bits per heavy atom. The fraction of sp³-hybridized carbons (Fsp3) is 0.138. The molecule has 0 saturated carbocycles. The molecule has 0 N–H and O–H groups in total. The number of hydrogen-bond acceptors (Lipinski definition) is 8. The van der Waals surface area contributed by atoms with Gasteiger partial charge in [0.15, 0.2) is 5.13 Å². The summed E-state index contributed by atoms with van der Waals surface area (Å²) in [6, 6.07) is 23.7. The topological polar surface area (TPSA) is 102 Å². The van der Waals surface area contributed by atoms with E-state index in [9.17, 15) is 13.2 Å². The minimum atomic E-state index is -3.83. The number of pyridine rings is 1. The number of aromatic nitrogens is 2. The molecule has 11 heteroatoms. The molecule has 2 aromatic heterocycles. The molecule has 0 unspecified atom stereocenters. The van der Waals surface area contributed by atoms with E-state index in [4.69, 9.17) is 14.5 Å². The number of nitrogens with zero attached hydrogens (tertiary/aromatic N) is 4.